The number of hydrogen-bond donors (Lipinski definition) is 0. The smallest absolute Gasteiger partial charge is 0.388 e. The molecule has 7 heteroatoms. The van der Waals surface area contributed by atoms with Crippen LogP contribution in [0.15, 0.2) is 12.3 Å². The number of hydrogen-bond acceptors (Lipinski definition) is 3. The molecule has 0 N–H and O–H groups in total. The van der Waals surface area contributed by atoms with Gasteiger partial charge < -0.3 is 4.74 Å². The van der Waals surface area contributed by atoms with Crippen molar-refractivity contribution in [2.45, 2.75) is 66.0 Å². The summed E-state index contributed by atoms with van der Waals surface area (Å²) in [6.45, 7) is 5.03. The second-order valence-electron chi connectivity index (χ2n) is 5.90. The van der Waals surface area contributed by atoms with Crippen LogP contribution in [0.2, 0.25) is 0 Å². The number of fused-ring (bicyclic) bond motifs is 1. The second kappa shape index (κ2) is 8.36. The van der Waals surface area contributed by atoms with Crippen molar-refractivity contribution >= 4 is 0 Å². The van der Waals surface area contributed by atoms with Crippen LogP contribution >= 0.6 is 0 Å². The van der Waals surface area contributed by atoms with Gasteiger partial charge in [0.05, 0.1) is 11.9 Å². The number of alkyl halides is 2. The summed E-state index contributed by atoms with van der Waals surface area (Å²) in [5.74, 6) is -0.895. The molecule has 0 atom stereocenters. The Balaban J connectivity index is 0.00000109. The molecule has 2 aromatic heterocycles. The third-order valence-electron chi connectivity index (χ3n) is 3.99. The van der Waals surface area contributed by atoms with E-state index in [1.165, 1.54) is 6.07 Å². The molecule has 0 amide bonds. The summed E-state index contributed by atoms with van der Waals surface area (Å²) >= 11 is 0. The van der Waals surface area contributed by atoms with Gasteiger partial charge >= 0.3 is 6.61 Å². The van der Waals surface area contributed by atoms with E-state index in [4.69, 9.17) is 0 Å². The highest BCUT2D eigenvalue weighted by Crippen LogP contribution is 2.35. The van der Waals surface area contributed by atoms with Gasteiger partial charge in [-0.1, -0.05) is 13.8 Å². The maximum atomic E-state index is 14.2. The maximum absolute atomic E-state index is 14.2. The lowest BCUT2D eigenvalue weighted by molar-refractivity contribution is -0.0528. The minimum atomic E-state index is -3.00. The Kier molecular flexibility index (Phi) is 6.45. The van der Waals surface area contributed by atoms with Gasteiger partial charge in [0.15, 0.2) is 5.82 Å². The van der Waals surface area contributed by atoms with Crippen LogP contribution in [0.4, 0.5) is 13.2 Å². The van der Waals surface area contributed by atoms with Gasteiger partial charge in [-0.2, -0.15) is 13.9 Å². The van der Waals surface area contributed by atoms with Crippen molar-refractivity contribution in [2.24, 2.45) is 0 Å². The predicted octanol–water partition coefficient (Wildman–Crippen LogP) is 5.17. The van der Waals surface area contributed by atoms with Crippen molar-refractivity contribution in [3.05, 3.63) is 29.3 Å². The first-order valence-corrected chi connectivity index (χ1v) is 8.68. The van der Waals surface area contributed by atoms with E-state index in [1.807, 2.05) is 32.4 Å². The molecule has 0 spiro atoms. The standard InChI is InChI=1S/C16H18F3N3O.C2H6/c1-9(2)22-13-6-4-3-5-10(13)15(21-22)11-7-14(23-16(18)19)20-8-12(11)17;1-2/h7-9,16H,3-6H2,1-2H3;1-2H3. The van der Waals surface area contributed by atoms with Crippen LogP contribution in [-0.2, 0) is 12.8 Å². The third-order valence-corrected chi connectivity index (χ3v) is 3.99. The topological polar surface area (TPSA) is 39.9 Å². The van der Waals surface area contributed by atoms with Crippen LogP contribution in [0.1, 0.15) is 57.8 Å². The van der Waals surface area contributed by atoms with E-state index in [0.29, 0.717) is 5.69 Å². The summed E-state index contributed by atoms with van der Waals surface area (Å²) in [5, 5.41) is 4.55. The number of nitrogens with zero attached hydrogens (tertiary/aromatic N) is 3. The van der Waals surface area contributed by atoms with E-state index < -0.39 is 12.4 Å². The Morgan fingerprint density at radius 1 is 1.16 bits per heavy atom. The fourth-order valence-electron chi connectivity index (χ4n) is 3.03. The van der Waals surface area contributed by atoms with Crippen LogP contribution in [0.25, 0.3) is 11.3 Å². The quantitative estimate of drug-likeness (QED) is 0.759. The first-order chi connectivity index (χ1) is 12.0. The summed E-state index contributed by atoms with van der Waals surface area (Å²) in [6.07, 6.45) is 4.69. The van der Waals surface area contributed by atoms with E-state index in [2.05, 4.69) is 14.8 Å². The average molecular weight is 355 g/mol. The summed E-state index contributed by atoms with van der Waals surface area (Å²) in [6, 6.07) is 1.35. The number of pyridine rings is 1. The summed E-state index contributed by atoms with van der Waals surface area (Å²) < 4.78 is 45.1. The van der Waals surface area contributed by atoms with E-state index in [1.54, 1.807) is 0 Å². The highest BCUT2D eigenvalue weighted by atomic mass is 19.3. The SMILES string of the molecule is CC.CC(C)n1nc(-c2cc(OC(F)F)ncc2F)c2c1CCCC2. The Bertz CT molecular complexity index is 714. The molecule has 2 aromatic rings. The molecule has 3 rings (SSSR count). The van der Waals surface area contributed by atoms with Gasteiger partial charge in [0.2, 0.25) is 5.88 Å². The molecule has 25 heavy (non-hydrogen) atoms. The maximum Gasteiger partial charge on any atom is 0.388 e. The van der Waals surface area contributed by atoms with Crippen molar-refractivity contribution in [3.8, 4) is 17.1 Å². The molecule has 2 heterocycles. The fourth-order valence-corrected chi connectivity index (χ4v) is 3.03. The normalized spacial score (nSPS) is 13.5. The zero-order valence-corrected chi connectivity index (χ0v) is 15.0. The van der Waals surface area contributed by atoms with Crippen molar-refractivity contribution in [3.63, 3.8) is 0 Å². The van der Waals surface area contributed by atoms with Crippen molar-refractivity contribution < 1.29 is 17.9 Å². The minimum Gasteiger partial charge on any atom is -0.417 e. The molecule has 0 unspecified atom stereocenters. The molecule has 1 aliphatic rings. The summed E-state index contributed by atoms with van der Waals surface area (Å²) in [5.41, 5.74) is 2.77. The van der Waals surface area contributed by atoms with Crippen molar-refractivity contribution in [1.82, 2.24) is 14.8 Å². The molecule has 1 aliphatic carbocycles. The Hall–Kier alpha value is -2.05. The Morgan fingerprint density at radius 3 is 2.48 bits per heavy atom. The average Bonchev–Trinajstić information content (AvgIpc) is 2.98. The van der Waals surface area contributed by atoms with Crippen molar-refractivity contribution in [1.29, 1.82) is 0 Å². The number of halogens is 3. The molecule has 0 bridgehead atoms. The van der Waals surface area contributed by atoms with Crippen LogP contribution < -0.4 is 4.74 Å². The molecule has 0 saturated heterocycles. The molecule has 4 nitrogen and oxygen atoms in total. The minimum absolute atomic E-state index is 0.150. The number of ether oxygens (including phenoxy) is 1. The van der Waals surface area contributed by atoms with Gasteiger partial charge in [-0.3, -0.25) is 4.68 Å². The number of aromatic nitrogens is 3. The summed E-state index contributed by atoms with van der Waals surface area (Å²) in [7, 11) is 0. The first-order valence-electron chi connectivity index (χ1n) is 8.68. The Labute approximate surface area is 146 Å². The first kappa shape index (κ1) is 19.3. The zero-order valence-electron chi connectivity index (χ0n) is 15.0. The fraction of sp³-hybridized carbons (Fsp3) is 0.556. The predicted molar refractivity (Wildman–Crippen MR) is 90.4 cm³/mol. The lowest BCUT2D eigenvalue weighted by atomic mass is 9.93. The molecular formula is C18H24F3N3O. The van der Waals surface area contributed by atoms with Crippen LogP contribution in [0, 0.1) is 5.82 Å². The molecule has 0 fully saturated rings. The molecule has 0 aromatic carbocycles. The van der Waals surface area contributed by atoms with E-state index in [-0.39, 0.29) is 17.5 Å². The van der Waals surface area contributed by atoms with Gasteiger partial charge in [-0.15, -0.1) is 0 Å². The van der Waals surface area contributed by atoms with E-state index >= 15 is 0 Å². The van der Waals surface area contributed by atoms with Gasteiger partial charge in [0.1, 0.15) is 0 Å². The highest BCUT2D eigenvalue weighted by molar-refractivity contribution is 5.66. The summed E-state index contributed by atoms with van der Waals surface area (Å²) in [4.78, 5) is 3.55. The van der Waals surface area contributed by atoms with Crippen molar-refractivity contribution in [2.75, 3.05) is 0 Å². The van der Waals surface area contributed by atoms with E-state index in [9.17, 15) is 13.2 Å². The highest BCUT2D eigenvalue weighted by Gasteiger charge is 2.25. The molecule has 0 radical (unpaired) electrons. The second-order valence-corrected chi connectivity index (χ2v) is 5.90. The third kappa shape index (κ3) is 4.14. The lowest BCUT2D eigenvalue weighted by Crippen LogP contribution is -2.11. The molecule has 0 aliphatic heterocycles. The van der Waals surface area contributed by atoms with E-state index in [0.717, 1.165) is 43.1 Å². The molecular weight excluding hydrogens is 331 g/mol. The Morgan fingerprint density at radius 2 is 1.84 bits per heavy atom. The molecule has 0 saturated carbocycles. The van der Waals surface area contributed by atoms with Gasteiger partial charge in [0.25, 0.3) is 0 Å². The largest absolute Gasteiger partial charge is 0.417 e. The van der Waals surface area contributed by atoms with Gasteiger partial charge in [-0.05, 0) is 39.5 Å². The number of rotatable bonds is 4. The zero-order chi connectivity index (χ0) is 18.6. The van der Waals surface area contributed by atoms with Gasteiger partial charge in [-0.25, -0.2) is 9.37 Å². The van der Waals surface area contributed by atoms with Crippen LogP contribution in [0.3, 0.4) is 0 Å². The lowest BCUT2D eigenvalue weighted by Gasteiger charge is -2.16. The van der Waals surface area contributed by atoms with Crippen LogP contribution in [-0.4, -0.2) is 21.4 Å². The van der Waals surface area contributed by atoms with Crippen LogP contribution in [0.5, 0.6) is 5.88 Å². The van der Waals surface area contributed by atoms with Gasteiger partial charge in [0, 0.05) is 28.9 Å². The monoisotopic (exact) mass is 355 g/mol. The molecule has 138 valence electrons.